The number of carbonyl (C=O) groups excluding carboxylic acids is 1. The molecule has 1 saturated heterocycles. The molecule has 2 N–H and O–H groups in total. The predicted molar refractivity (Wildman–Crippen MR) is 102 cm³/mol. The summed E-state index contributed by atoms with van der Waals surface area (Å²) in [5, 5.41) is 5.94. The molecule has 1 aliphatic heterocycles. The summed E-state index contributed by atoms with van der Waals surface area (Å²) in [4.78, 5) is 16.7. The molecule has 140 valence electrons. The van der Waals surface area contributed by atoms with Gasteiger partial charge in [-0.25, -0.2) is 4.79 Å². The zero-order valence-electron chi connectivity index (χ0n) is 15.8. The number of carbonyl (C=O) groups is 1. The molecule has 0 atom stereocenters. The first kappa shape index (κ1) is 19.5. The average molecular weight is 348 g/mol. The number of hydrogen-bond acceptors (Lipinski definition) is 4. The van der Waals surface area contributed by atoms with Crippen LogP contribution >= 0.6 is 0 Å². The maximum absolute atomic E-state index is 12.1. The Morgan fingerprint density at radius 2 is 1.84 bits per heavy atom. The number of benzene rings is 1. The van der Waals surface area contributed by atoms with Gasteiger partial charge in [-0.1, -0.05) is 13.8 Å². The molecular weight excluding hydrogens is 316 g/mol. The lowest BCUT2D eigenvalue weighted by molar-refractivity contribution is 0.221. The first-order valence-electron chi connectivity index (χ1n) is 9.32. The van der Waals surface area contributed by atoms with Crippen molar-refractivity contribution in [2.45, 2.75) is 32.7 Å². The summed E-state index contributed by atoms with van der Waals surface area (Å²) in [7, 11) is 2.11. The van der Waals surface area contributed by atoms with Crippen LogP contribution in [-0.2, 0) is 0 Å². The minimum Gasteiger partial charge on any atom is -0.492 e. The molecule has 2 rings (SSSR count). The van der Waals surface area contributed by atoms with Crippen LogP contribution in [0.25, 0.3) is 0 Å². The number of rotatable bonds is 8. The van der Waals surface area contributed by atoms with Crippen LogP contribution in [0.4, 0.5) is 10.5 Å². The molecule has 0 bridgehead atoms. The summed E-state index contributed by atoms with van der Waals surface area (Å²) in [6, 6.07) is 7.67. The van der Waals surface area contributed by atoms with Crippen molar-refractivity contribution in [2.75, 3.05) is 51.7 Å². The van der Waals surface area contributed by atoms with Crippen molar-refractivity contribution in [3.63, 3.8) is 0 Å². The second-order valence-corrected chi connectivity index (χ2v) is 6.58. The largest absolute Gasteiger partial charge is 0.492 e. The lowest BCUT2D eigenvalue weighted by Crippen LogP contribution is -2.44. The summed E-state index contributed by atoms with van der Waals surface area (Å²) < 4.78 is 5.76. The fourth-order valence-electron chi connectivity index (χ4n) is 2.97. The third-order valence-electron chi connectivity index (χ3n) is 4.74. The Balaban J connectivity index is 1.71. The molecule has 25 heavy (non-hydrogen) atoms. The highest BCUT2D eigenvalue weighted by atomic mass is 16.5. The molecule has 1 aromatic carbocycles. The number of amides is 2. The first-order chi connectivity index (χ1) is 12.1. The Bertz CT molecular complexity index is 509. The second kappa shape index (κ2) is 10.3. The zero-order valence-corrected chi connectivity index (χ0v) is 15.8. The fourth-order valence-corrected chi connectivity index (χ4v) is 2.97. The molecule has 0 saturated carbocycles. The van der Waals surface area contributed by atoms with E-state index in [1.54, 1.807) is 0 Å². The van der Waals surface area contributed by atoms with Crippen molar-refractivity contribution in [1.29, 1.82) is 0 Å². The number of likely N-dealkylation sites (N-methyl/N-ethyl adjacent to an activating group) is 1. The fraction of sp³-hybridized carbons (Fsp3) is 0.632. The minimum absolute atomic E-state index is 0.134. The minimum atomic E-state index is -0.134. The van der Waals surface area contributed by atoms with Crippen molar-refractivity contribution in [3.05, 3.63) is 24.3 Å². The highest BCUT2D eigenvalue weighted by Crippen LogP contribution is 2.16. The maximum Gasteiger partial charge on any atom is 0.319 e. The molecule has 1 aliphatic rings. The highest BCUT2D eigenvalue weighted by Gasteiger charge is 2.18. The van der Waals surface area contributed by atoms with Gasteiger partial charge in [0.1, 0.15) is 12.4 Å². The van der Waals surface area contributed by atoms with E-state index in [-0.39, 0.29) is 12.1 Å². The number of anilines is 1. The lowest BCUT2D eigenvalue weighted by Gasteiger charge is -2.29. The molecule has 6 heteroatoms. The van der Waals surface area contributed by atoms with E-state index >= 15 is 0 Å². The van der Waals surface area contributed by atoms with Crippen molar-refractivity contribution in [3.8, 4) is 5.75 Å². The van der Waals surface area contributed by atoms with Crippen LogP contribution in [0.2, 0.25) is 0 Å². The van der Waals surface area contributed by atoms with Gasteiger partial charge in [0.15, 0.2) is 0 Å². The summed E-state index contributed by atoms with van der Waals surface area (Å²) in [5.74, 6) is 0.827. The van der Waals surface area contributed by atoms with E-state index in [2.05, 4.69) is 41.3 Å². The van der Waals surface area contributed by atoms with E-state index < -0.39 is 0 Å². The monoisotopic (exact) mass is 348 g/mol. The van der Waals surface area contributed by atoms with Crippen LogP contribution in [0, 0.1) is 0 Å². The van der Waals surface area contributed by atoms with E-state index in [4.69, 9.17) is 4.74 Å². The first-order valence-corrected chi connectivity index (χ1v) is 9.32. The van der Waals surface area contributed by atoms with Crippen LogP contribution in [0.1, 0.15) is 26.7 Å². The van der Waals surface area contributed by atoms with Gasteiger partial charge in [-0.2, -0.15) is 0 Å². The van der Waals surface area contributed by atoms with Gasteiger partial charge < -0.3 is 25.2 Å². The Hall–Kier alpha value is -1.79. The van der Waals surface area contributed by atoms with Gasteiger partial charge in [-0.3, -0.25) is 0 Å². The molecule has 0 aromatic heterocycles. The van der Waals surface area contributed by atoms with E-state index in [9.17, 15) is 4.79 Å². The molecule has 1 aromatic rings. The molecular formula is C19H32N4O2. The molecule has 2 amide bonds. The van der Waals surface area contributed by atoms with Crippen LogP contribution in [0.3, 0.4) is 0 Å². The molecule has 6 nitrogen and oxygen atoms in total. The zero-order chi connectivity index (χ0) is 18.1. The van der Waals surface area contributed by atoms with E-state index in [0.717, 1.165) is 57.0 Å². The van der Waals surface area contributed by atoms with Crippen molar-refractivity contribution in [2.24, 2.45) is 0 Å². The van der Waals surface area contributed by atoms with Crippen LogP contribution in [0.5, 0.6) is 5.75 Å². The van der Waals surface area contributed by atoms with E-state index in [1.165, 1.54) is 0 Å². The van der Waals surface area contributed by atoms with Gasteiger partial charge in [0.25, 0.3) is 0 Å². The van der Waals surface area contributed by atoms with Crippen molar-refractivity contribution in [1.82, 2.24) is 15.1 Å². The van der Waals surface area contributed by atoms with Crippen LogP contribution in [0.15, 0.2) is 24.3 Å². The normalized spacial score (nSPS) is 16.0. The summed E-state index contributed by atoms with van der Waals surface area (Å²) in [5.41, 5.74) is 0.779. The maximum atomic E-state index is 12.1. The van der Waals surface area contributed by atoms with Gasteiger partial charge >= 0.3 is 6.03 Å². The van der Waals surface area contributed by atoms with Crippen molar-refractivity contribution < 1.29 is 9.53 Å². The number of hydrogen-bond donors (Lipinski definition) is 2. The van der Waals surface area contributed by atoms with Gasteiger partial charge in [0.05, 0.1) is 0 Å². The predicted octanol–water partition coefficient (Wildman–Crippen LogP) is 2.62. The van der Waals surface area contributed by atoms with Gasteiger partial charge in [0.2, 0.25) is 0 Å². The number of piperidine rings is 1. The Morgan fingerprint density at radius 3 is 2.44 bits per heavy atom. The molecule has 0 spiro atoms. The quantitative estimate of drug-likeness (QED) is 0.758. The van der Waals surface area contributed by atoms with Crippen LogP contribution < -0.4 is 15.4 Å². The van der Waals surface area contributed by atoms with Crippen LogP contribution in [-0.4, -0.2) is 68.3 Å². The number of likely N-dealkylation sites (tertiary alicyclic amines) is 1. The average Bonchev–Trinajstić information content (AvgIpc) is 2.62. The molecule has 1 fully saturated rings. The molecule has 0 radical (unpaired) electrons. The second-order valence-electron chi connectivity index (χ2n) is 6.58. The number of urea groups is 1. The Morgan fingerprint density at radius 1 is 1.20 bits per heavy atom. The molecule has 0 aliphatic carbocycles. The van der Waals surface area contributed by atoms with E-state index in [1.807, 2.05) is 24.3 Å². The highest BCUT2D eigenvalue weighted by molar-refractivity contribution is 5.89. The number of ether oxygens (including phenoxy) is 1. The summed E-state index contributed by atoms with van der Waals surface area (Å²) in [6.07, 6.45) is 2.01. The third kappa shape index (κ3) is 6.92. The van der Waals surface area contributed by atoms with Gasteiger partial charge in [0, 0.05) is 18.3 Å². The third-order valence-corrected chi connectivity index (χ3v) is 4.74. The van der Waals surface area contributed by atoms with Gasteiger partial charge in [-0.15, -0.1) is 0 Å². The smallest absolute Gasteiger partial charge is 0.319 e. The number of nitrogens with zero attached hydrogens (tertiary/aromatic N) is 2. The van der Waals surface area contributed by atoms with E-state index in [0.29, 0.717) is 6.61 Å². The number of nitrogens with one attached hydrogen (secondary N) is 2. The summed E-state index contributed by atoms with van der Waals surface area (Å²) in [6.45, 7) is 10.0. The Labute approximate surface area is 151 Å². The summed E-state index contributed by atoms with van der Waals surface area (Å²) >= 11 is 0. The standard InChI is InChI=1S/C19H32N4O2/c1-4-23(5-2)14-15-25-18-8-6-16(7-9-18)20-19(24)21-17-10-12-22(3)13-11-17/h6-9,17H,4-5,10-15H2,1-3H3,(H2,20,21,24). The topological polar surface area (TPSA) is 56.8 Å². The SMILES string of the molecule is CCN(CC)CCOc1ccc(NC(=O)NC2CCN(C)CC2)cc1. The molecule has 1 heterocycles. The molecule has 0 unspecified atom stereocenters. The lowest BCUT2D eigenvalue weighted by atomic mass is 10.1. The van der Waals surface area contributed by atoms with Crippen molar-refractivity contribution >= 4 is 11.7 Å². The van der Waals surface area contributed by atoms with Gasteiger partial charge in [-0.05, 0) is 70.3 Å². The Kier molecular flexibility index (Phi) is 8.01.